The molecule has 0 amide bonds. The van der Waals surface area contributed by atoms with E-state index in [2.05, 4.69) is 26.0 Å². The monoisotopic (exact) mass is 984 g/mol. The van der Waals surface area contributed by atoms with Gasteiger partial charge in [-0.15, -0.1) is 0 Å². The highest BCUT2D eigenvalue weighted by Gasteiger charge is 2.25. The smallest absolute Gasteiger partial charge is 0.457 e. The lowest BCUT2D eigenvalue weighted by Gasteiger charge is -2.20. The predicted molar refractivity (Wildman–Crippen MR) is 294 cm³/mol. The van der Waals surface area contributed by atoms with Crippen molar-refractivity contribution in [2.45, 2.75) is 328 Å². The Morgan fingerprint density at radius 2 is 0.735 bits per heavy atom. The lowest BCUT2D eigenvalue weighted by molar-refractivity contribution is -0.154. The molecule has 2 unspecified atom stereocenters. The molecule has 0 aromatic rings. The van der Waals surface area contributed by atoms with Gasteiger partial charge in [0.25, 0.3) is 0 Å². The molecule has 0 bridgehead atoms. The number of hydrogen-bond acceptors (Lipinski definition) is 7. The molecule has 406 valence electrons. The number of esters is 1. The van der Waals surface area contributed by atoms with Crippen LogP contribution < -0.4 is 5.73 Å². The van der Waals surface area contributed by atoms with Gasteiger partial charge >= 0.3 is 13.8 Å². The molecular weight excluding hydrogens is 866 g/mol. The second kappa shape index (κ2) is 57.1. The van der Waals surface area contributed by atoms with Gasteiger partial charge in [-0.05, 0) is 38.5 Å². The highest BCUT2D eigenvalue weighted by Crippen LogP contribution is 2.43. The summed E-state index contributed by atoms with van der Waals surface area (Å²) in [6.45, 7) is 5.01. The highest BCUT2D eigenvalue weighted by molar-refractivity contribution is 7.47. The number of phosphoric acid groups is 1. The SMILES string of the molecule is CCCCCCCCCC/C=C\CCCCCCCCCCCCCC(=O)OC(COCCCCCCCCCCCCCCCCCCCCCCCCCCCC)COP(=O)(O)OCCN. The van der Waals surface area contributed by atoms with Crippen LogP contribution in [0.25, 0.3) is 0 Å². The summed E-state index contributed by atoms with van der Waals surface area (Å²) in [4.78, 5) is 22.7. The molecule has 0 radical (unpaired) electrons. The number of allylic oxidation sites excluding steroid dienone is 2. The van der Waals surface area contributed by atoms with Gasteiger partial charge in [0.05, 0.1) is 19.8 Å². The normalized spacial score (nSPS) is 13.2. The Morgan fingerprint density at radius 1 is 0.426 bits per heavy atom. The van der Waals surface area contributed by atoms with Crippen molar-refractivity contribution in [1.82, 2.24) is 0 Å². The number of phosphoric ester groups is 1. The van der Waals surface area contributed by atoms with Crippen LogP contribution in [-0.2, 0) is 27.9 Å². The third-order valence-electron chi connectivity index (χ3n) is 13.7. The zero-order valence-electron chi connectivity index (χ0n) is 45.6. The number of unbranched alkanes of at least 4 members (excludes halogenated alkanes) is 44. The molecule has 0 saturated heterocycles. The minimum Gasteiger partial charge on any atom is -0.457 e. The predicted octanol–water partition coefficient (Wildman–Crippen LogP) is 19.3. The Hall–Kier alpha value is -0.760. The van der Waals surface area contributed by atoms with Crippen LogP contribution in [0.15, 0.2) is 12.2 Å². The number of carbonyl (C=O) groups is 1. The van der Waals surface area contributed by atoms with Crippen molar-refractivity contribution in [3.05, 3.63) is 12.2 Å². The second-order valence-electron chi connectivity index (χ2n) is 20.6. The van der Waals surface area contributed by atoms with Gasteiger partial charge in [0.15, 0.2) is 0 Å². The van der Waals surface area contributed by atoms with E-state index in [0.717, 1.165) is 32.1 Å². The van der Waals surface area contributed by atoms with Crippen molar-refractivity contribution in [3.8, 4) is 0 Å². The van der Waals surface area contributed by atoms with Crippen molar-refractivity contribution >= 4 is 13.8 Å². The lowest BCUT2D eigenvalue weighted by atomic mass is 10.0. The summed E-state index contributed by atoms with van der Waals surface area (Å²) in [6, 6.07) is 0. The van der Waals surface area contributed by atoms with E-state index < -0.39 is 13.9 Å². The fourth-order valence-corrected chi connectivity index (χ4v) is 10.00. The number of carbonyl (C=O) groups excluding carboxylic acids is 1. The van der Waals surface area contributed by atoms with Crippen molar-refractivity contribution in [1.29, 1.82) is 0 Å². The fraction of sp³-hybridized carbons (Fsp3) is 0.949. The maximum Gasteiger partial charge on any atom is 0.472 e. The van der Waals surface area contributed by atoms with E-state index >= 15 is 0 Å². The van der Waals surface area contributed by atoms with Crippen LogP contribution in [0.5, 0.6) is 0 Å². The second-order valence-corrected chi connectivity index (χ2v) is 22.0. The first kappa shape index (κ1) is 67.2. The molecule has 68 heavy (non-hydrogen) atoms. The van der Waals surface area contributed by atoms with Crippen LogP contribution >= 0.6 is 7.82 Å². The molecular formula is C59H118NO7P. The summed E-state index contributed by atoms with van der Waals surface area (Å²) in [5.74, 6) is -0.322. The van der Waals surface area contributed by atoms with Gasteiger partial charge < -0.3 is 20.1 Å². The zero-order chi connectivity index (χ0) is 49.4. The van der Waals surface area contributed by atoms with E-state index in [1.165, 1.54) is 270 Å². The molecule has 0 aromatic heterocycles. The highest BCUT2D eigenvalue weighted by atomic mass is 31.2. The Labute approximate surface area is 424 Å². The molecule has 3 N–H and O–H groups in total. The molecule has 0 aliphatic rings. The van der Waals surface area contributed by atoms with E-state index in [9.17, 15) is 14.3 Å². The van der Waals surface area contributed by atoms with Gasteiger partial charge in [0, 0.05) is 19.6 Å². The maximum atomic E-state index is 12.7. The first-order valence-corrected chi connectivity index (χ1v) is 31.7. The third-order valence-corrected chi connectivity index (χ3v) is 14.7. The van der Waals surface area contributed by atoms with E-state index in [1.54, 1.807) is 0 Å². The van der Waals surface area contributed by atoms with Gasteiger partial charge in [-0.3, -0.25) is 13.8 Å². The lowest BCUT2D eigenvalue weighted by Crippen LogP contribution is -2.28. The first-order valence-electron chi connectivity index (χ1n) is 30.2. The molecule has 0 aromatic carbocycles. The van der Waals surface area contributed by atoms with Gasteiger partial charge in [-0.1, -0.05) is 289 Å². The van der Waals surface area contributed by atoms with Crippen LogP contribution in [0, 0.1) is 0 Å². The van der Waals surface area contributed by atoms with Crippen LogP contribution in [0.1, 0.15) is 322 Å². The van der Waals surface area contributed by atoms with Crippen molar-refractivity contribution in [2.24, 2.45) is 5.73 Å². The molecule has 9 heteroatoms. The molecule has 0 aliphatic heterocycles. The summed E-state index contributed by atoms with van der Waals surface area (Å²) in [7, 11) is -4.28. The summed E-state index contributed by atoms with van der Waals surface area (Å²) < 4.78 is 33.7. The van der Waals surface area contributed by atoms with Crippen LogP contribution in [0.4, 0.5) is 0 Å². The topological polar surface area (TPSA) is 117 Å². The number of ether oxygens (including phenoxy) is 2. The summed E-state index contributed by atoms with van der Waals surface area (Å²) in [6.07, 6.45) is 67.1. The molecule has 0 aliphatic carbocycles. The Balaban J connectivity index is 3.81. The molecule has 0 heterocycles. The Morgan fingerprint density at radius 3 is 1.07 bits per heavy atom. The molecule has 8 nitrogen and oxygen atoms in total. The number of hydrogen-bond donors (Lipinski definition) is 2. The maximum absolute atomic E-state index is 12.7. The molecule has 0 fully saturated rings. The molecule has 0 rings (SSSR count). The van der Waals surface area contributed by atoms with E-state index in [1.807, 2.05) is 0 Å². The van der Waals surface area contributed by atoms with Gasteiger partial charge in [0.2, 0.25) is 0 Å². The van der Waals surface area contributed by atoms with Crippen molar-refractivity contribution in [3.63, 3.8) is 0 Å². The van der Waals surface area contributed by atoms with E-state index in [-0.39, 0.29) is 32.3 Å². The number of nitrogens with two attached hydrogens (primary N) is 1. The summed E-state index contributed by atoms with van der Waals surface area (Å²) >= 11 is 0. The van der Waals surface area contributed by atoms with Gasteiger partial charge in [-0.2, -0.15) is 0 Å². The summed E-state index contributed by atoms with van der Waals surface area (Å²) in [5, 5.41) is 0. The standard InChI is InChI=1S/C59H118NO7P/c1-3-5-7-9-11-13-15-17-19-21-23-25-27-28-29-31-33-35-37-39-41-43-45-47-49-51-54-64-56-58(57-66-68(62,63)65-55-53-60)67-59(61)52-50-48-46-44-42-40-38-36-34-32-30-26-24-22-20-18-16-14-12-10-8-6-4-2/h22,24,58H,3-21,23,25-57,60H2,1-2H3,(H,62,63)/b24-22-. The van der Waals surface area contributed by atoms with Gasteiger partial charge in [-0.25, -0.2) is 4.57 Å². The molecule has 0 spiro atoms. The summed E-state index contributed by atoms with van der Waals surface area (Å²) in [5.41, 5.74) is 5.41. The first-order chi connectivity index (χ1) is 33.4. The zero-order valence-corrected chi connectivity index (χ0v) is 46.5. The molecule has 2 atom stereocenters. The Bertz CT molecular complexity index is 1060. The fourth-order valence-electron chi connectivity index (χ4n) is 9.23. The minimum absolute atomic E-state index is 0.0914. The van der Waals surface area contributed by atoms with Crippen molar-refractivity contribution in [2.75, 3.05) is 33.0 Å². The van der Waals surface area contributed by atoms with Gasteiger partial charge in [0.1, 0.15) is 6.10 Å². The largest absolute Gasteiger partial charge is 0.472 e. The minimum atomic E-state index is -4.28. The average Bonchev–Trinajstić information content (AvgIpc) is 3.33. The number of rotatable bonds is 59. The van der Waals surface area contributed by atoms with Crippen LogP contribution in [0.2, 0.25) is 0 Å². The average molecular weight is 985 g/mol. The Kier molecular flexibility index (Phi) is 56.5. The van der Waals surface area contributed by atoms with E-state index in [0.29, 0.717) is 13.0 Å². The van der Waals surface area contributed by atoms with Crippen LogP contribution in [-0.4, -0.2) is 49.9 Å². The van der Waals surface area contributed by atoms with Crippen LogP contribution in [0.3, 0.4) is 0 Å². The third kappa shape index (κ3) is 56.2. The quantitative estimate of drug-likeness (QED) is 0.0268. The van der Waals surface area contributed by atoms with E-state index in [4.69, 9.17) is 24.3 Å². The van der Waals surface area contributed by atoms with Crippen molar-refractivity contribution < 1.29 is 32.8 Å². The molecule has 0 saturated carbocycles.